The van der Waals surface area contributed by atoms with Crippen LogP contribution in [0, 0.1) is 0 Å². The summed E-state index contributed by atoms with van der Waals surface area (Å²) in [7, 11) is 9.09. The molecule has 0 aromatic carbocycles. The molecule has 0 aliphatic rings. The molecule has 0 spiro atoms. The number of rotatable bonds is 4. The third-order valence-electron chi connectivity index (χ3n) is 1.11. The SMILES string of the molecule is C[SH](C)SCC[N+](C)(C)C. The summed E-state index contributed by atoms with van der Waals surface area (Å²) in [5, 5.41) is 0. The molecule has 0 fully saturated rings. The molecule has 0 atom stereocenters. The molecule has 0 amide bonds. The molecule has 0 heterocycles. The lowest BCUT2D eigenvalue weighted by atomic mass is 10.6. The average molecular weight is 182 g/mol. The first-order valence-corrected chi connectivity index (χ1v) is 7.35. The highest BCUT2D eigenvalue weighted by atomic mass is 33.1. The molecule has 0 aromatic heterocycles. The molecule has 10 heavy (non-hydrogen) atoms. The maximum Gasteiger partial charge on any atom is 0.0880 e. The standard InChI is InChI=1S/C7H20NS2/c1-8(2,3)6-7-9-10(4)5/h10H,6-7H2,1-5H3/q+1. The molecule has 0 aliphatic heterocycles. The molecule has 0 bridgehead atoms. The average Bonchev–Trinajstić information content (AvgIpc) is 1.59. The van der Waals surface area contributed by atoms with Gasteiger partial charge in [0.05, 0.1) is 33.4 Å². The Morgan fingerprint density at radius 1 is 1.20 bits per heavy atom. The van der Waals surface area contributed by atoms with E-state index in [2.05, 4.69) is 44.4 Å². The van der Waals surface area contributed by atoms with E-state index in [0.717, 1.165) is 4.48 Å². The lowest BCUT2D eigenvalue weighted by molar-refractivity contribution is -0.867. The van der Waals surface area contributed by atoms with Crippen LogP contribution in [0.1, 0.15) is 0 Å². The van der Waals surface area contributed by atoms with Crippen molar-refractivity contribution in [3.8, 4) is 0 Å². The molecule has 0 saturated heterocycles. The molecule has 0 aliphatic carbocycles. The Balaban J connectivity index is 3.21. The summed E-state index contributed by atoms with van der Waals surface area (Å²) in [6, 6.07) is 0. The van der Waals surface area contributed by atoms with Crippen molar-refractivity contribution in [1.29, 1.82) is 0 Å². The fraction of sp³-hybridized carbons (Fsp3) is 1.00. The number of nitrogens with zero attached hydrogens (tertiary/aromatic N) is 1. The largest absolute Gasteiger partial charge is 0.330 e. The van der Waals surface area contributed by atoms with Crippen LogP contribution in [0.3, 0.4) is 0 Å². The van der Waals surface area contributed by atoms with Crippen molar-refractivity contribution in [2.75, 3.05) is 46.0 Å². The van der Waals surface area contributed by atoms with Crippen LogP contribution >= 0.6 is 20.7 Å². The number of quaternary nitrogens is 1. The minimum atomic E-state index is 0.253. The van der Waals surface area contributed by atoms with Gasteiger partial charge in [-0.3, -0.25) is 0 Å². The molecule has 0 rings (SSSR count). The maximum atomic E-state index is 2.32. The molecule has 0 N–H and O–H groups in total. The number of thiol groups is 1. The van der Waals surface area contributed by atoms with Gasteiger partial charge in [0.15, 0.2) is 0 Å². The Bertz CT molecular complexity index is 86.1. The maximum absolute atomic E-state index is 2.32. The highest BCUT2D eigenvalue weighted by Crippen LogP contribution is 2.31. The summed E-state index contributed by atoms with van der Waals surface area (Å²) in [5.74, 6) is 1.31. The van der Waals surface area contributed by atoms with E-state index in [1.807, 2.05) is 0 Å². The third-order valence-corrected chi connectivity index (χ3v) is 4.09. The zero-order valence-electron chi connectivity index (χ0n) is 7.72. The van der Waals surface area contributed by atoms with Crippen molar-refractivity contribution >= 4 is 20.7 Å². The highest BCUT2D eigenvalue weighted by Gasteiger charge is 2.05. The Hall–Kier alpha value is 0.660. The van der Waals surface area contributed by atoms with E-state index in [-0.39, 0.29) is 9.93 Å². The van der Waals surface area contributed by atoms with Gasteiger partial charge in [-0.05, 0) is 12.5 Å². The van der Waals surface area contributed by atoms with E-state index in [4.69, 9.17) is 0 Å². The van der Waals surface area contributed by atoms with Crippen LogP contribution in [-0.4, -0.2) is 50.4 Å². The minimum Gasteiger partial charge on any atom is -0.330 e. The van der Waals surface area contributed by atoms with Crippen molar-refractivity contribution < 1.29 is 4.48 Å². The molecular weight excluding hydrogens is 162 g/mol. The third kappa shape index (κ3) is 8.66. The van der Waals surface area contributed by atoms with Gasteiger partial charge in [0.1, 0.15) is 0 Å². The predicted molar refractivity (Wildman–Crippen MR) is 56.2 cm³/mol. The fourth-order valence-corrected chi connectivity index (χ4v) is 2.83. The number of hydrogen-bond acceptors (Lipinski definition) is 1. The Kier molecular flexibility index (Phi) is 4.82. The van der Waals surface area contributed by atoms with Gasteiger partial charge in [0.25, 0.3) is 0 Å². The monoisotopic (exact) mass is 182 g/mol. The zero-order chi connectivity index (χ0) is 8.20. The topological polar surface area (TPSA) is 0 Å². The quantitative estimate of drug-likeness (QED) is 0.391. The van der Waals surface area contributed by atoms with Gasteiger partial charge >= 0.3 is 0 Å². The van der Waals surface area contributed by atoms with Crippen molar-refractivity contribution in [2.45, 2.75) is 0 Å². The van der Waals surface area contributed by atoms with Gasteiger partial charge in [0, 0.05) is 0 Å². The van der Waals surface area contributed by atoms with Crippen LogP contribution in [0.25, 0.3) is 0 Å². The summed E-state index contributed by atoms with van der Waals surface area (Å²) in [5.41, 5.74) is 0. The van der Waals surface area contributed by atoms with Gasteiger partial charge in [-0.25, -0.2) is 9.93 Å². The van der Waals surface area contributed by atoms with Gasteiger partial charge in [0.2, 0.25) is 0 Å². The van der Waals surface area contributed by atoms with Crippen LogP contribution < -0.4 is 0 Å². The molecule has 0 saturated carbocycles. The Morgan fingerprint density at radius 2 is 1.70 bits per heavy atom. The first-order chi connectivity index (χ1) is 4.42. The molecule has 0 unspecified atom stereocenters. The van der Waals surface area contributed by atoms with Crippen molar-refractivity contribution in [1.82, 2.24) is 0 Å². The van der Waals surface area contributed by atoms with Crippen molar-refractivity contribution in [3.63, 3.8) is 0 Å². The first kappa shape index (κ1) is 10.7. The second kappa shape index (κ2) is 4.52. The molecule has 64 valence electrons. The lowest BCUT2D eigenvalue weighted by Gasteiger charge is -2.24. The second-order valence-corrected chi connectivity index (χ2v) is 8.92. The molecule has 3 heteroatoms. The normalized spacial score (nSPS) is 13.5. The second-order valence-electron chi connectivity index (χ2n) is 3.66. The van der Waals surface area contributed by atoms with E-state index >= 15 is 0 Å². The molecule has 1 nitrogen and oxygen atoms in total. The lowest BCUT2D eigenvalue weighted by Crippen LogP contribution is -2.36. The summed E-state index contributed by atoms with van der Waals surface area (Å²) < 4.78 is 1.09. The van der Waals surface area contributed by atoms with Crippen LogP contribution in [0.2, 0.25) is 0 Å². The molecule has 0 aromatic rings. The van der Waals surface area contributed by atoms with Crippen LogP contribution in [0.4, 0.5) is 0 Å². The summed E-state index contributed by atoms with van der Waals surface area (Å²) in [6.07, 6.45) is 4.63. The van der Waals surface area contributed by atoms with Crippen LogP contribution in [0.15, 0.2) is 0 Å². The van der Waals surface area contributed by atoms with Gasteiger partial charge in [-0.2, -0.15) is 0 Å². The minimum absolute atomic E-state index is 0.253. The fourth-order valence-electron chi connectivity index (χ4n) is 0.497. The zero-order valence-corrected chi connectivity index (χ0v) is 9.43. The van der Waals surface area contributed by atoms with Crippen molar-refractivity contribution in [2.24, 2.45) is 0 Å². The first-order valence-electron chi connectivity index (χ1n) is 3.52. The van der Waals surface area contributed by atoms with E-state index in [9.17, 15) is 0 Å². The van der Waals surface area contributed by atoms with Gasteiger partial charge < -0.3 is 4.48 Å². The summed E-state index contributed by atoms with van der Waals surface area (Å²) >= 11 is 0. The summed E-state index contributed by atoms with van der Waals surface area (Å²) in [4.78, 5) is 0. The van der Waals surface area contributed by atoms with Crippen molar-refractivity contribution in [3.05, 3.63) is 0 Å². The highest BCUT2D eigenvalue weighted by molar-refractivity contribution is 8.84. The predicted octanol–water partition coefficient (Wildman–Crippen LogP) is 1.60. The van der Waals surface area contributed by atoms with Gasteiger partial charge in [-0.15, -0.1) is 10.8 Å². The van der Waals surface area contributed by atoms with Gasteiger partial charge in [-0.1, -0.05) is 0 Å². The van der Waals surface area contributed by atoms with Crippen LogP contribution in [0.5, 0.6) is 0 Å². The molecule has 0 radical (unpaired) electrons. The van der Waals surface area contributed by atoms with E-state index in [0.29, 0.717) is 0 Å². The van der Waals surface area contributed by atoms with E-state index in [1.165, 1.54) is 12.3 Å². The smallest absolute Gasteiger partial charge is 0.0880 e. The molecular formula is C7H20NS2+. The Labute approximate surface area is 71.5 Å². The van der Waals surface area contributed by atoms with E-state index < -0.39 is 0 Å². The van der Waals surface area contributed by atoms with Crippen LogP contribution in [-0.2, 0) is 0 Å². The van der Waals surface area contributed by atoms with E-state index in [1.54, 1.807) is 0 Å². The number of hydrogen-bond donors (Lipinski definition) is 1. The Morgan fingerprint density at radius 3 is 2.00 bits per heavy atom. The summed E-state index contributed by atoms with van der Waals surface area (Å²) in [6.45, 7) is 1.28.